The van der Waals surface area contributed by atoms with Gasteiger partial charge < -0.3 is 19.4 Å². The van der Waals surface area contributed by atoms with E-state index in [9.17, 15) is 14.4 Å². The molecule has 1 atom stereocenters. The SMILES string of the molecule is COC(=O)C[C@@H]1C(=O)NCCN1C(=O)c1ccc2nc(C3CCCCC3)oc2c1. The second-order valence-corrected chi connectivity index (χ2v) is 7.66. The molecule has 2 heterocycles. The van der Waals surface area contributed by atoms with Gasteiger partial charge in [0.15, 0.2) is 11.5 Å². The molecule has 8 heteroatoms. The summed E-state index contributed by atoms with van der Waals surface area (Å²) in [6, 6.07) is 4.27. The van der Waals surface area contributed by atoms with E-state index >= 15 is 0 Å². The van der Waals surface area contributed by atoms with E-state index in [1.807, 2.05) is 0 Å². The van der Waals surface area contributed by atoms with Crippen LogP contribution in [0.2, 0.25) is 0 Å². The first-order valence-electron chi connectivity index (χ1n) is 10.1. The molecule has 1 aromatic heterocycles. The van der Waals surface area contributed by atoms with Gasteiger partial charge in [0.1, 0.15) is 11.6 Å². The number of nitrogens with one attached hydrogen (secondary N) is 1. The standard InChI is InChI=1S/C21H25N3O5/c1-28-18(25)12-16-19(26)22-9-10-24(16)21(27)14-7-8-15-17(11-14)29-20(23-15)13-5-3-2-4-6-13/h7-8,11,13,16H,2-6,9-10,12H2,1H3,(H,22,26)/t16-/m1/s1. The van der Waals surface area contributed by atoms with Crippen LogP contribution in [0, 0.1) is 0 Å². The van der Waals surface area contributed by atoms with Crippen molar-refractivity contribution >= 4 is 28.9 Å². The summed E-state index contributed by atoms with van der Waals surface area (Å²) in [6.07, 6.45) is 5.61. The number of aromatic nitrogens is 1. The maximum Gasteiger partial charge on any atom is 0.308 e. The van der Waals surface area contributed by atoms with E-state index in [-0.39, 0.29) is 18.2 Å². The Hall–Kier alpha value is -2.90. The Morgan fingerprint density at radius 2 is 2.07 bits per heavy atom. The number of fused-ring (bicyclic) bond motifs is 1. The van der Waals surface area contributed by atoms with Gasteiger partial charge in [-0.1, -0.05) is 19.3 Å². The third-order valence-corrected chi connectivity index (χ3v) is 5.79. The van der Waals surface area contributed by atoms with Crippen molar-refractivity contribution in [2.45, 2.75) is 50.5 Å². The average Bonchev–Trinajstić information content (AvgIpc) is 3.18. The minimum Gasteiger partial charge on any atom is -0.469 e. The highest BCUT2D eigenvalue weighted by atomic mass is 16.5. The highest BCUT2D eigenvalue weighted by Crippen LogP contribution is 2.34. The Bertz CT molecular complexity index is 932. The molecule has 1 aliphatic carbocycles. The van der Waals surface area contributed by atoms with Crippen molar-refractivity contribution in [3.05, 3.63) is 29.7 Å². The van der Waals surface area contributed by atoms with Crippen LogP contribution in [0.25, 0.3) is 11.1 Å². The van der Waals surface area contributed by atoms with Crippen molar-refractivity contribution in [3.63, 3.8) is 0 Å². The van der Waals surface area contributed by atoms with Crippen molar-refractivity contribution < 1.29 is 23.5 Å². The van der Waals surface area contributed by atoms with E-state index in [0.29, 0.717) is 30.2 Å². The number of piperazine rings is 1. The molecular weight excluding hydrogens is 374 g/mol. The largest absolute Gasteiger partial charge is 0.469 e. The lowest BCUT2D eigenvalue weighted by Crippen LogP contribution is -2.57. The second-order valence-electron chi connectivity index (χ2n) is 7.66. The number of nitrogens with zero attached hydrogens (tertiary/aromatic N) is 2. The molecule has 2 aliphatic rings. The number of esters is 1. The van der Waals surface area contributed by atoms with E-state index in [4.69, 9.17) is 4.42 Å². The van der Waals surface area contributed by atoms with Gasteiger partial charge in [0.25, 0.3) is 5.91 Å². The molecule has 1 aliphatic heterocycles. The normalized spacial score (nSPS) is 20.5. The van der Waals surface area contributed by atoms with Gasteiger partial charge in [-0.25, -0.2) is 4.98 Å². The molecule has 2 fully saturated rings. The predicted octanol–water partition coefficient (Wildman–Crippen LogP) is 2.38. The maximum absolute atomic E-state index is 13.1. The minimum atomic E-state index is -0.882. The molecule has 0 radical (unpaired) electrons. The number of ether oxygens (including phenoxy) is 1. The van der Waals surface area contributed by atoms with Crippen molar-refractivity contribution in [3.8, 4) is 0 Å². The van der Waals surface area contributed by atoms with Gasteiger partial charge in [-0.3, -0.25) is 14.4 Å². The topological polar surface area (TPSA) is 102 Å². The van der Waals surface area contributed by atoms with Crippen molar-refractivity contribution in [1.29, 1.82) is 0 Å². The van der Waals surface area contributed by atoms with E-state index in [1.54, 1.807) is 18.2 Å². The molecule has 2 aromatic rings. The summed E-state index contributed by atoms with van der Waals surface area (Å²) < 4.78 is 10.7. The van der Waals surface area contributed by atoms with Crippen LogP contribution in [-0.4, -0.2) is 53.9 Å². The number of amides is 2. The molecule has 4 rings (SSSR count). The number of hydrogen-bond donors (Lipinski definition) is 1. The monoisotopic (exact) mass is 399 g/mol. The zero-order chi connectivity index (χ0) is 20.4. The Morgan fingerprint density at radius 3 is 2.83 bits per heavy atom. The summed E-state index contributed by atoms with van der Waals surface area (Å²) in [6.45, 7) is 0.673. The van der Waals surface area contributed by atoms with E-state index in [0.717, 1.165) is 24.2 Å². The van der Waals surface area contributed by atoms with E-state index in [1.165, 1.54) is 31.3 Å². The van der Waals surface area contributed by atoms with E-state index in [2.05, 4.69) is 15.0 Å². The van der Waals surface area contributed by atoms with Crippen LogP contribution in [0.4, 0.5) is 0 Å². The fraction of sp³-hybridized carbons (Fsp3) is 0.524. The van der Waals surface area contributed by atoms with Gasteiger partial charge in [-0.15, -0.1) is 0 Å². The molecule has 0 bridgehead atoms. The Labute approximate surface area is 168 Å². The molecule has 0 unspecified atom stereocenters. The van der Waals surface area contributed by atoms with Gasteiger partial charge in [-0.2, -0.15) is 0 Å². The first-order valence-corrected chi connectivity index (χ1v) is 10.1. The van der Waals surface area contributed by atoms with Crippen molar-refractivity contribution in [2.75, 3.05) is 20.2 Å². The van der Waals surface area contributed by atoms with Crippen LogP contribution in [-0.2, 0) is 14.3 Å². The molecule has 1 aromatic carbocycles. The van der Waals surface area contributed by atoms with Gasteiger partial charge in [0.2, 0.25) is 5.91 Å². The molecular formula is C21H25N3O5. The first kappa shape index (κ1) is 19.4. The van der Waals surface area contributed by atoms with Gasteiger partial charge in [0.05, 0.1) is 13.5 Å². The number of benzene rings is 1. The number of methoxy groups -OCH3 is 1. The zero-order valence-electron chi connectivity index (χ0n) is 16.5. The number of rotatable bonds is 4. The smallest absolute Gasteiger partial charge is 0.308 e. The third-order valence-electron chi connectivity index (χ3n) is 5.79. The number of oxazole rings is 1. The Balaban J connectivity index is 1.58. The minimum absolute atomic E-state index is 0.176. The lowest BCUT2D eigenvalue weighted by atomic mass is 9.89. The molecule has 2 amide bonds. The molecule has 1 N–H and O–H groups in total. The summed E-state index contributed by atoms with van der Waals surface area (Å²) in [7, 11) is 1.26. The maximum atomic E-state index is 13.1. The predicted molar refractivity (Wildman–Crippen MR) is 104 cm³/mol. The lowest BCUT2D eigenvalue weighted by molar-refractivity contribution is -0.145. The van der Waals surface area contributed by atoms with Crippen LogP contribution in [0.5, 0.6) is 0 Å². The Kier molecular flexibility index (Phi) is 5.51. The van der Waals surface area contributed by atoms with Crippen LogP contribution < -0.4 is 5.32 Å². The molecule has 1 saturated heterocycles. The van der Waals surface area contributed by atoms with Crippen molar-refractivity contribution in [2.24, 2.45) is 0 Å². The quantitative estimate of drug-likeness (QED) is 0.792. The second kappa shape index (κ2) is 8.23. The van der Waals surface area contributed by atoms with Crippen LogP contribution >= 0.6 is 0 Å². The molecule has 154 valence electrons. The molecule has 1 saturated carbocycles. The van der Waals surface area contributed by atoms with Gasteiger partial charge in [-0.05, 0) is 31.0 Å². The number of carbonyl (C=O) groups excluding carboxylic acids is 3. The van der Waals surface area contributed by atoms with Gasteiger partial charge in [0, 0.05) is 24.6 Å². The first-order chi connectivity index (χ1) is 14.1. The summed E-state index contributed by atoms with van der Waals surface area (Å²) in [5.41, 5.74) is 1.71. The highest BCUT2D eigenvalue weighted by Gasteiger charge is 2.35. The molecule has 8 nitrogen and oxygen atoms in total. The van der Waals surface area contributed by atoms with Gasteiger partial charge >= 0.3 is 5.97 Å². The summed E-state index contributed by atoms with van der Waals surface area (Å²) in [5.74, 6) is -0.120. The highest BCUT2D eigenvalue weighted by molar-refractivity contribution is 6.01. The summed E-state index contributed by atoms with van der Waals surface area (Å²) in [4.78, 5) is 43.1. The van der Waals surface area contributed by atoms with Crippen molar-refractivity contribution in [1.82, 2.24) is 15.2 Å². The number of hydrogen-bond acceptors (Lipinski definition) is 6. The fourth-order valence-corrected chi connectivity index (χ4v) is 4.17. The van der Waals surface area contributed by atoms with Crippen LogP contribution in [0.15, 0.2) is 22.6 Å². The summed E-state index contributed by atoms with van der Waals surface area (Å²) >= 11 is 0. The molecule has 29 heavy (non-hydrogen) atoms. The van der Waals surface area contributed by atoms with Crippen LogP contribution in [0.1, 0.15) is 60.7 Å². The Morgan fingerprint density at radius 1 is 1.28 bits per heavy atom. The lowest BCUT2D eigenvalue weighted by Gasteiger charge is -2.34. The fourth-order valence-electron chi connectivity index (χ4n) is 4.17. The van der Waals surface area contributed by atoms with E-state index < -0.39 is 12.0 Å². The zero-order valence-corrected chi connectivity index (χ0v) is 16.5. The van der Waals surface area contributed by atoms with Crippen LogP contribution in [0.3, 0.4) is 0 Å². The number of carbonyl (C=O) groups is 3. The summed E-state index contributed by atoms with van der Waals surface area (Å²) in [5, 5.41) is 2.70. The third kappa shape index (κ3) is 3.97. The average molecular weight is 399 g/mol. The molecule has 0 spiro atoms.